The summed E-state index contributed by atoms with van der Waals surface area (Å²) in [5, 5.41) is 19.0. The number of phenolic OH excluding ortho intramolecular Hbond substituents is 2. The maximum Gasteiger partial charge on any atom is 0.226 e. The van der Waals surface area contributed by atoms with E-state index in [1.165, 1.54) is 32.4 Å². The lowest BCUT2D eigenvalue weighted by atomic mass is 9.85. The summed E-state index contributed by atoms with van der Waals surface area (Å²) < 4.78 is 4.92. The number of carbonyl (C=O) groups excluding carboxylic acids is 3. The van der Waals surface area contributed by atoms with Gasteiger partial charge in [-0.05, 0) is 62.6 Å². The highest BCUT2D eigenvalue weighted by molar-refractivity contribution is 6.48. The van der Waals surface area contributed by atoms with E-state index in [0.29, 0.717) is 6.42 Å². The molecule has 0 radical (unpaired) electrons. The molecule has 6 nitrogen and oxygen atoms in total. The quantitative estimate of drug-likeness (QED) is 0.119. The number of unbranched alkanes of at least 4 members (excludes halogenated alkanes) is 10. The first kappa shape index (κ1) is 28.3. The molecule has 0 saturated carbocycles. The van der Waals surface area contributed by atoms with Crippen molar-refractivity contribution in [2.45, 2.75) is 89.9 Å². The van der Waals surface area contributed by atoms with E-state index < -0.39 is 17.5 Å². The SMILES string of the molecule is COC1=CC(=O)C(=O)C(CCCCCCCC=CCCCCCCCc2cc(O)cc(O)c2)C1=O. The van der Waals surface area contributed by atoms with E-state index in [-0.39, 0.29) is 23.0 Å². The molecule has 6 heteroatoms. The molecule has 192 valence electrons. The molecule has 2 N–H and O–H groups in total. The molecule has 0 fully saturated rings. The Balaban J connectivity index is 1.40. The summed E-state index contributed by atoms with van der Waals surface area (Å²) in [6, 6.07) is 4.78. The average Bonchev–Trinajstić information content (AvgIpc) is 2.82. The Labute approximate surface area is 209 Å². The second-order valence-electron chi connectivity index (χ2n) is 9.34. The lowest BCUT2D eigenvalue weighted by Gasteiger charge is -2.18. The number of rotatable bonds is 17. The smallest absolute Gasteiger partial charge is 0.226 e. The Morgan fingerprint density at radius 1 is 0.743 bits per heavy atom. The molecule has 0 heterocycles. The van der Waals surface area contributed by atoms with Gasteiger partial charge in [0.2, 0.25) is 17.3 Å². The van der Waals surface area contributed by atoms with E-state index in [9.17, 15) is 24.6 Å². The highest BCUT2D eigenvalue weighted by atomic mass is 16.5. The van der Waals surface area contributed by atoms with E-state index in [2.05, 4.69) is 12.2 Å². The Kier molecular flexibility index (Phi) is 12.9. The van der Waals surface area contributed by atoms with Crippen LogP contribution >= 0.6 is 0 Å². The number of phenols is 2. The summed E-state index contributed by atoms with van der Waals surface area (Å²) in [6.07, 6.45) is 19.9. The summed E-state index contributed by atoms with van der Waals surface area (Å²) in [5.74, 6) is -2.22. The summed E-state index contributed by atoms with van der Waals surface area (Å²) in [4.78, 5) is 35.8. The Hall–Kier alpha value is -2.89. The molecule has 2 rings (SSSR count). The zero-order chi connectivity index (χ0) is 25.5. The number of ether oxygens (including phenoxy) is 1. The number of methoxy groups -OCH3 is 1. The van der Waals surface area contributed by atoms with Crippen LogP contribution in [0.5, 0.6) is 11.5 Å². The van der Waals surface area contributed by atoms with E-state index in [4.69, 9.17) is 4.74 Å². The van der Waals surface area contributed by atoms with Crippen molar-refractivity contribution in [3.05, 3.63) is 47.7 Å². The van der Waals surface area contributed by atoms with Crippen LogP contribution in [0.25, 0.3) is 0 Å². The molecule has 0 aromatic heterocycles. The van der Waals surface area contributed by atoms with Crippen molar-refractivity contribution < 1.29 is 29.3 Å². The molecular weight excluding hydrogens is 444 g/mol. The first-order valence-corrected chi connectivity index (χ1v) is 13.0. The van der Waals surface area contributed by atoms with Crippen molar-refractivity contribution in [2.75, 3.05) is 7.11 Å². The highest BCUT2D eigenvalue weighted by Gasteiger charge is 2.37. The molecule has 1 aliphatic rings. The van der Waals surface area contributed by atoms with Crippen LogP contribution in [0.4, 0.5) is 0 Å². The van der Waals surface area contributed by atoms with E-state index in [1.807, 2.05) is 0 Å². The summed E-state index contributed by atoms with van der Waals surface area (Å²) in [6.45, 7) is 0. The minimum atomic E-state index is -0.863. The van der Waals surface area contributed by atoms with Crippen LogP contribution in [-0.2, 0) is 25.5 Å². The Morgan fingerprint density at radius 3 is 1.89 bits per heavy atom. The first-order chi connectivity index (χ1) is 16.9. The molecule has 1 unspecified atom stereocenters. The molecule has 0 aliphatic heterocycles. The maximum absolute atomic E-state index is 12.2. The molecule has 0 spiro atoms. The number of hydrogen-bond donors (Lipinski definition) is 2. The van der Waals surface area contributed by atoms with Gasteiger partial charge in [-0.15, -0.1) is 0 Å². The number of Topliss-reactive ketones (excluding diaryl/α,β-unsaturated/α-hetero) is 2. The summed E-state index contributed by atoms with van der Waals surface area (Å²) >= 11 is 0. The lowest BCUT2D eigenvalue weighted by molar-refractivity contribution is -0.142. The van der Waals surface area contributed by atoms with Gasteiger partial charge < -0.3 is 14.9 Å². The molecule has 1 aliphatic carbocycles. The zero-order valence-electron chi connectivity index (χ0n) is 21.0. The van der Waals surface area contributed by atoms with E-state index in [1.54, 1.807) is 12.1 Å². The number of carbonyl (C=O) groups is 3. The topological polar surface area (TPSA) is 101 Å². The van der Waals surface area contributed by atoms with Crippen LogP contribution in [0.2, 0.25) is 0 Å². The van der Waals surface area contributed by atoms with Crippen molar-refractivity contribution in [3.63, 3.8) is 0 Å². The summed E-state index contributed by atoms with van der Waals surface area (Å²) in [5.41, 5.74) is 0.981. The maximum atomic E-state index is 12.2. The second kappa shape index (κ2) is 15.9. The van der Waals surface area contributed by atoms with Gasteiger partial charge in [0, 0.05) is 12.1 Å². The highest BCUT2D eigenvalue weighted by Crippen LogP contribution is 2.23. The van der Waals surface area contributed by atoms with Gasteiger partial charge in [-0.3, -0.25) is 14.4 Å². The molecule has 1 atom stereocenters. The van der Waals surface area contributed by atoms with Crippen LogP contribution in [0, 0.1) is 5.92 Å². The summed E-state index contributed by atoms with van der Waals surface area (Å²) in [7, 11) is 1.34. The monoisotopic (exact) mass is 484 g/mol. The van der Waals surface area contributed by atoms with Gasteiger partial charge in [-0.1, -0.05) is 57.1 Å². The van der Waals surface area contributed by atoms with Gasteiger partial charge in [-0.25, -0.2) is 0 Å². The minimum absolute atomic E-state index is 0.00163. The van der Waals surface area contributed by atoms with Crippen LogP contribution in [0.3, 0.4) is 0 Å². The van der Waals surface area contributed by atoms with Gasteiger partial charge in [0.15, 0.2) is 5.76 Å². The predicted molar refractivity (Wildman–Crippen MR) is 136 cm³/mol. The predicted octanol–water partition coefficient (Wildman–Crippen LogP) is 6.14. The number of ketones is 3. The number of aryl methyl sites for hydroxylation is 1. The van der Waals surface area contributed by atoms with Crippen molar-refractivity contribution in [1.29, 1.82) is 0 Å². The van der Waals surface area contributed by atoms with Gasteiger partial charge >= 0.3 is 0 Å². The third-order valence-corrected chi connectivity index (χ3v) is 6.43. The van der Waals surface area contributed by atoms with Crippen LogP contribution in [0.1, 0.15) is 89.0 Å². The normalized spacial score (nSPS) is 16.2. The number of hydrogen-bond acceptors (Lipinski definition) is 6. The zero-order valence-corrected chi connectivity index (χ0v) is 21.0. The standard InChI is InChI=1S/C29H40O6/c1-35-27-21-26(32)28(33)25(29(27)34)17-15-13-11-9-7-5-3-2-4-6-8-10-12-14-16-22-18-23(30)20-24(31)19-22/h2-3,18-21,25,30-31H,4-17H2,1H3. The third kappa shape index (κ3) is 10.5. The fourth-order valence-corrected chi connectivity index (χ4v) is 4.44. The number of aromatic hydroxyl groups is 2. The number of allylic oxidation sites excluding steroid dienone is 4. The fourth-order valence-electron chi connectivity index (χ4n) is 4.44. The van der Waals surface area contributed by atoms with E-state index in [0.717, 1.165) is 75.8 Å². The molecule has 1 aromatic rings. The third-order valence-electron chi connectivity index (χ3n) is 6.43. The first-order valence-electron chi connectivity index (χ1n) is 13.0. The molecule has 0 bridgehead atoms. The Bertz CT molecular complexity index is 878. The van der Waals surface area contributed by atoms with Gasteiger partial charge in [0.05, 0.1) is 13.0 Å². The van der Waals surface area contributed by atoms with Gasteiger partial charge in [0.1, 0.15) is 11.5 Å². The minimum Gasteiger partial charge on any atom is -0.508 e. The molecular formula is C29H40O6. The van der Waals surface area contributed by atoms with Crippen LogP contribution < -0.4 is 0 Å². The van der Waals surface area contributed by atoms with Crippen LogP contribution in [0.15, 0.2) is 42.2 Å². The van der Waals surface area contributed by atoms with Crippen molar-refractivity contribution in [1.82, 2.24) is 0 Å². The second-order valence-corrected chi connectivity index (χ2v) is 9.34. The van der Waals surface area contributed by atoms with Crippen molar-refractivity contribution in [2.24, 2.45) is 5.92 Å². The Morgan fingerprint density at radius 2 is 1.29 bits per heavy atom. The molecule has 1 aromatic carbocycles. The van der Waals surface area contributed by atoms with Gasteiger partial charge in [-0.2, -0.15) is 0 Å². The average molecular weight is 485 g/mol. The lowest BCUT2D eigenvalue weighted by Crippen LogP contribution is -2.35. The van der Waals surface area contributed by atoms with E-state index >= 15 is 0 Å². The largest absolute Gasteiger partial charge is 0.508 e. The molecule has 0 saturated heterocycles. The molecule has 35 heavy (non-hydrogen) atoms. The van der Waals surface area contributed by atoms with Gasteiger partial charge in [0.25, 0.3) is 0 Å². The fraction of sp³-hybridized carbons (Fsp3) is 0.552. The number of benzene rings is 1. The molecule has 0 amide bonds. The van der Waals surface area contributed by atoms with Crippen molar-refractivity contribution in [3.8, 4) is 11.5 Å². The van der Waals surface area contributed by atoms with Crippen molar-refractivity contribution >= 4 is 17.3 Å². The van der Waals surface area contributed by atoms with Crippen LogP contribution in [-0.4, -0.2) is 34.7 Å².